The number of aryl methyl sites for hydroxylation is 1. The van der Waals surface area contributed by atoms with Crippen LogP contribution in [0.2, 0.25) is 0 Å². The lowest BCUT2D eigenvalue weighted by molar-refractivity contribution is 0.0188. The Labute approximate surface area is 104 Å². The molecule has 6 heteroatoms. The van der Waals surface area contributed by atoms with Crippen LogP contribution in [0.4, 0.5) is 14.5 Å². The second-order valence-corrected chi connectivity index (χ2v) is 3.81. The molecule has 0 spiro atoms. The van der Waals surface area contributed by atoms with E-state index in [1.165, 1.54) is 0 Å². The highest BCUT2D eigenvalue weighted by molar-refractivity contribution is 5.99. The summed E-state index contributed by atoms with van der Waals surface area (Å²) in [7, 11) is 0. The standard InChI is InChI=1S/C12H16F2N2O2/c1-8-2-3-9(10(15)6-8)12(17)16-4-5-18-7-11(13)14/h2-3,6,11H,4-5,7,15H2,1H3,(H,16,17). The highest BCUT2D eigenvalue weighted by Gasteiger charge is 2.09. The van der Waals surface area contributed by atoms with Gasteiger partial charge in [-0.1, -0.05) is 6.07 Å². The van der Waals surface area contributed by atoms with Crippen LogP contribution in [0.3, 0.4) is 0 Å². The summed E-state index contributed by atoms with van der Waals surface area (Å²) in [6.07, 6.45) is -2.49. The third-order valence-corrected chi connectivity index (χ3v) is 2.23. The van der Waals surface area contributed by atoms with Gasteiger partial charge in [-0.15, -0.1) is 0 Å². The van der Waals surface area contributed by atoms with Crippen LogP contribution in [0.1, 0.15) is 15.9 Å². The van der Waals surface area contributed by atoms with Crippen molar-refractivity contribution in [3.63, 3.8) is 0 Å². The summed E-state index contributed by atoms with van der Waals surface area (Å²) in [5.74, 6) is -0.340. The summed E-state index contributed by atoms with van der Waals surface area (Å²) in [4.78, 5) is 11.7. The van der Waals surface area contributed by atoms with Gasteiger partial charge in [-0.3, -0.25) is 4.79 Å². The Hall–Kier alpha value is -1.69. The molecule has 0 aliphatic heterocycles. The van der Waals surface area contributed by atoms with E-state index in [0.717, 1.165) is 5.56 Å². The molecule has 0 aromatic heterocycles. The van der Waals surface area contributed by atoms with Gasteiger partial charge < -0.3 is 15.8 Å². The monoisotopic (exact) mass is 258 g/mol. The van der Waals surface area contributed by atoms with Crippen LogP contribution >= 0.6 is 0 Å². The van der Waals surface area contributed by atoms with E-state index >= 15 is 0 Å². The van der Waals surface area contributed by atoms with Gasteiger partial charge in [0.1, 0.15) is 6.61 Å². The van der Waals surface area contributed by atoms with E-state index in [2.05, 4.69) is 10.1 Å². The first-order chi connectivity index (χ1) is 8.50. The third kappa shape index (κ3) is 4.67. The fraction of sp³-hybridized carbons (Fsp3) is 0.417. The number of hydrogen-bond acceptors (Lipinski definition) is 3. The van der Waals surface area contributed by atoms with Crippen molar-refractivity contribution in [3.05, 3.63) is 29.3 Å². The molecular formula is C12H16F2N2O2. The molecule has 1 amide bonds. The van der Waals surface area contributed by atoms with Gasteiger partial charge in [-0.2, -0.15) is 0 Å². The Kier molecular flexibility index (Phi) is 5.51. The van der Waals surface area contributed by atoms with Crippen molar-refractivity contribution in [1.29, 1.82) is 0 Å². The van der Waals surface area contributed by atoms with Crippen molar-refractivity contribution in [2.24, 2.45) is 0 Å². The Bertz CT molecular complexity index is 411. The zero-order valence-corrected chi connectivity index (χ0v) is 10.1. The average Bonchev–Trinajstić information content (AvgIpc) is 2.27. The quantitative estimate of drug-likeness (QED) is 0.601. The maximum Gasteiger partial charge on any atom is 0.261 e. The number of carbonyl (C=O) groups excluding carboxylic acids is 1. The van der Waals surface area contributed by atoms with Crippen LogP contribution in [0.5, 0.6) is 0 Å². The van der Waals surface area contributed by atoms with Gasteiger partial charge in [-0.05, 0) is 24.6 Å². The minimum atomic E-state index is -2.49. The molecular weight excluding hydrogens is 242 g/mol. The van der Waals surface area contributed by atoms with Crippen LogP contribution < -0.4 is 11.1 Å². The molecule has 0 radical (unpaired) electrons. The molecule has 18 heavy (non-hydrogen) atoms. The summed E-state index contributed by atoms with van der Waals surface area (Å²) in [5, 5.41) is 2.54. The number of rotatable bonds is 6. The van der Waals surface area contributed by atoms with Gasteiger partial charge >= 0.3 is 0 Å². The van der Waals surface area contributed by atoms with Gasteiger partial charge in [-0.25, -0.2) is 8.78 Å². The summed E-state index contributed by atoms with van der Waals surface area (Å²) < 4.78 is 28.1. The number of amides is 1. The molecule has 0 saturated heterocycles. The van der Waals surface area contributed by atoms with Crippen LogP contribution in [-0.2, 0) is 4.74 Å². The molecule has 0 bridgehead atoms. The van der Waals surface area contributed by atoms with E-state index in [0.29, 0.717) is 11.3 Å². The predicted molar refractivity (Wildman–Crippen MR) is 64.7 cm³/mol. The smallest absolute Gasteiger partial charge is 0.261 e. The number of halogens is 2. The second kappa shape index (κ2) is 6.90. The number of alkyl halides is 2. The first kappa shape index (κ1) is 14.4. The second-order valence-electron chi connectivity index (χ2n) is 3.81. The summed E-state index contributed by atoms with van der Waals surface area (Å²) >= 11 is 0. The third-order valence-electron chi connectivity index (χ3n) is 2.23. The van der Waals surface area contributed by atoms with Crippen LogP contribution in [0.25, 0.3) is 0 Å². The van der Waals surface area contributed by atoms with Crippen molar-refractivity contribution in [3.8, 4) is 0 Å². The fourth-order valence-electron chi connectivity index (χ4n) is 1.39. The normalized spacial score (nSPS) is 10.7. The zero-order chi connectivity index (χ0) is 13.5. The van der Waals surface area contributed by atoms with Gasteiger partial charge in [0.2, 0.25) is 0 Å². The van der Waals surface area contributed by atoms with Crippen molar-refractivity contribution in [2.75, 3.05) is 25.5 Å². The molecule has 0 aliphatic rings. The molecule has 0 unspecified atom stereocenters. The average molecular weight is 258 g/mol. The molecule has 0 fully saturated rings. The van der Waals surface area contributed by atoms with Crippen molar-refractivity contribution in [1.82, 2.24) is 5.32 Å². The molecule has 3 N–H and O–H groups in total. The van der Waals surface area contributed by atoms with E-state index in [9.17, 15) is 13.6 Å². The van der Waals surface area contributed by atoms with Crippen LogP contribution in [0.15, 0.2) is 18.2 Å². The lowest BCUT2D eigenvalue weighted by Crippen LogP contribution is -2.28. The zero-order valence-electron chi connectivity index (χ0n) is 10.1. The number of nitrogens with one attached hydrogen (secondary N) is 1. The Balaban J connectivity index is 2.36. The molecule has 1 aromatic rings. The maximum atomic E-state index is 11.7. The Morgan fingerprint density at radius 2 is 2.22 bits per heavy atom. The number of nitrogen functional groups attached to an aromatic ring is 1. The fourth-order valence-corrected chi connectivity index (χ4v) is 1.39. The molecule has 0 atom stereocenters. The topological polar surface area (TPSA) is 64.3 Å². The van der Waals surface area contributed by atoms with Crippen molar-refractivity contribution >= 4 is 11.6 Å². The van der Waals surface area contributed by atoms with E-state index in [-0.39, 0.29) is 19.1 Å². The van der Waals surface area contributed by atoms with E-state index in [4.69, 9.17) is 5.73 Å². The number of benzene rings is 1. The molecule has 0 heterocycles. The van der Waals surface area contributed by atoms with Crippen LogP contribution in [-0.4, -0.2) is 32.1 Å². The van der Waals surface area contributed by atoms with E-state index in [1.54, 1.807) is 18.2 Å². The van der Waals surface area contributed by atoms with Gasteiger partial charge in [0.15, 0.2) is 0 Å². The molecule has 4 nitrogen and oxygen atoms in total. The number of carbonyl (C=O) groups is 1. The number of nitrogens with two attached hydrogens (primary N) is 1. The summed E-state index contributed by atoms with van der Waals surface area (Å²) in [5.41, 5.74) is 7.42. The summed E-state index contributed by atoms with van der Waals surface area (Å²) in [6.45, 7) is 1.46. The lowest BCUT2D eigenvalue weighted by Gasteiger charge is -2.08. The van der Waals surface area contributed by atoms with E-state index in [1.807, 2.05) is 6.92 Å². The SMILES string of the molecule is Cc1ccc(C(=O)NCCOCC(F)F)c(N)c1. The van der Waals surface area contributed by atoms with Crippen LogP contribution in [0, 0.1) is 6.92 Å². The molecule has 100 valence electrons. The summed E-state index contributed by atoms with van der Waals surface area (Å²) in [6, 6.07) is 5.10. The highest BCUT2D eigenvalue weighted by Crippen LogP contribution is 2.13. The largest absolute Gasteiger partial charge is 0.398 e. The Morgan fingerprint density at radius 3 is 2.83 bits per heavy atom. The van der Waals surface area contributed by atoms with Crippen molar-refractivity contribution in [2.45, 2.75) is 13.3 Å². The molecule has 1 rings (SSSR count). The minimum Gasteiger partial charge on any atom is -0.398 e. The maximum absolute atomic E-state index is 11.7. The van der Waals surface area contributed by atoms with Gasteiger partial charge in [0, 0.05) is 12.2 Å². The first-order valence-electron chi connectivity index (χ1n) is 5.51. The lowest BCUT2D eigenvalue weighted by atomic mass is 10.1. The highest BCUT2D eigenvalue weighted by atomic mass is 19.3. The van der Waals surface area contributed by atoms with E-state index < -0.39 is 13.0 Å². The Morgan fingerprint density at radius 1 is 1.50 bits per heavy atom. The number of anilines is 1. The predicted octanol–water partition coefficient (Wildman–Crippen LogP) is 1.59. The van der Waals surface area contributed by atoms with Crippen molar-refractivity contribution < 1.29 is 18.3 Å². The molecule has 1 aromatic carbocycles. The van der Waals surface area contributed by atoms with Gasteiger partial charge in [0.25, 0.3) is 12.3 Å². The number of hydrogen-bond donors (Lipinski definition) is 2. The molecule has 0 aliphatic carbocycles. The van der Waals surface area contributed by atoms with Gasteiger partial charge in [0.05, 0.1) is 12.2 Å². The number of ether oxygens (including phenoxy) is 1. The first-order valence-corrected chi connectivity index (χ1v) is 5.51. The molecule has 0 saturated carbocycles. The minimum absolute atomic E-state index is 0.0435.